The topological polar surface area (TPSA) is 131 Å². The second-order valence-electron chi connectivity index (χ2n) is 11.9. The molecule has 12 heteroatoms. The van der Waals surface area contributed by atoms with E-state index in [-0.39, 0.29) is 24.7 Å². The molecule has 232 valence electrons. The molecule has 5 aromatic rings. The van der Waals surface area contributed by atoms with Crippen LogP contribution in [0.1, 0.15) is 44.0 Å². The van der Waals surface area contributed by atoms with Crippen molar-refractivity contribution in [2.45, 2.75) is 39.2 Å². The standard InChI is InChI=1S/C33H32BrN5O6/c1-33(2,3)45-32(43)38-14-12-37(13-15-38)30-23-17-20(28-5-4-16-44-28)6-8-25(23)35-31(36-30)39-19-24(27(40)10-11-29(41)42)22-18-21(34)7-9-26(22)39/h4-9,16-19H,10-15H2,1-3H3,(H,41,42). The third kappa shape index (κ3) is 6.41. The first kappa shape index (κ1) is 30.3. The smallest absolute Gasteiger partial charge is 0.410 e. The first-order chi connectivity index (χ1) is 21.5. The summed E-state index contributed by atoms with van der Waals surface area (Å²) in [7, 11) is 0. The lowest BCUT2D eigenvalue weighted by Crippen LogP contribution is -2.50. The molecule has 45 heavy (non-hydrogen) atoms. The molecule has 2 aromatic carbocycles. The highest BCUT2D eigenvalue weighted by atomic mass is 79.9. The fourth-order valence-electron chi connectivity index (χ4n) is 5.42. The zero-order valence-corrected chi connectivity index (χ0v) is 26.7. The van der Waals surface area contributed by atoms with E-state index in [1.807, 2.05) is 69.3 Å². The van der Waals surface area contributed by atoms with Crippen LogP contribution in [0.15, 0.2) is 69.9 Å². The highest BCUT2D eigenvalue weighted by Gasteiger charge is 2.28. The zero-order chi connectivity index (χ0) is 31.9. The van der Waals surface area contributed by atoms with Crippen molar-refractivity contribution in [2.75, 3.05) is 31.1 Å². The number of rotatable bonds is 7. The summed E-state index contributed by atoms with van der Waals surface area (Å²) in [6.45, 7) is 7.50. The number of halogens is 1. The number of hydrogen-bond donors (Lipinski definition) is 1. The lowest BCUT2D eigenvalue weighted by atomic mass is 10.1. The van der Waals surface area contributed by atoms with Crippen LogP contribution in [0.25, 0.3) is 39.1 Å². The number of benzene rings is 2. The van der Waals surface area contributed by atoms with E-state index in [1.165, 1.54) is 0 Å². The maximum atomic E-state index is 13.2. The second-order valence-corrected chi connectivity index (χ2v) is 12.8. The van der Waals surface area contributed by atoms with Gasteiger partial charge in [0, 0.05) is 65.2 Å². The second kappa shape index (κ2) is 12.0. The Labute approximate surface area is 267 Å². The Balaban J connectivity index is 1.44. The van der Waals surface area contributed by atoms with E-state index in [1.54, 1.807) is 21.9 Å². The summed E-state index contributed by atoms with van der Waals surface area (Å²) in [6.07, 6.45) is 2.58. The number of furan rings is 1. The average molecular weight is 675 g/mol. The molecule has 0 spiro atoms. The molecule has 4 heterocycles. The molecule has 0 unspecified atom stereocenters. The summed E-state index contributed by atoms with van der Waals surface area (Å²) >= 11 is 3.50. The predicted octanol–water partition coefficient (Wildman–Crippen LogP) is 6.70. The summed E-state index contributed by atoms with van der Waals surface area (Å²) in [5, 5.41) is 10.6. The number of ketones is 1. The largest absolute Gasteiger partial charge is 0.481 e. The molecular weight excluding hydrogens is 642 g/mol. The van der Waals surface area contributed by atoms with E-state index in [4.69, 9.17) is 24.2 Å². The number of anilines is 1. The van der Waals surface area contributed by atoms with Crippen LogP contribution in [0.3, 0.4) is 0 Å². The van der Waals surface area contributed by atoms with Crippen molar-refractivity contribution in [3.8, 4) is 17.3 Å². The maximum absolute atomic E-state index is 13.2. The van der Waals surface area contributed by atoms with Gasteiger partial charge in [0.05, 0.1) is 23.7 Å². The Morgan fingerprint density at radius 2 is 1.76 bits per heavy atom. The number of nitrogens with zero attached hydrogens (tertiary/aromatic N) is 5. The summed E-state index contributed by atoms with van der Waals surface area (Å²) in [5.74, 6) is 0.457. The molecule has 0 atom stereocenters. The Bertz CT molecular complexity index is 1920. The molecule has 0 bridgehead atoms. The van der Waals surface area contributed by atoms with Crippen molar-refractivity contribution < 1.29 is 28.6 Å². The third-order valence-electron chi connectivity index (χ3n) is 7.55. The number of hydrogen-bond acceptors (Lipinski definition) is 8. The van der Waals surface area contributed by atoms with Gasteiger partial charge in [0.25, 0.3) is 0 Å². The number of Topliss-reactive ketones (excluding diaryl/α,β-unsaturated/α-hetero) is 1. The van der Waals surface area contributed by atoms with Crippen LogP contribution >= 0.6 is 15.9 Å². The molecule has 0 aliphatic carbocycles. The van der Waals surface area contributed by atoms with E-state index < -0.39 is 11.6 Å². The fraction of sp³-hybridized carbons (Fsp3) is 0.303. The van der Waals surface area contributed by atoms with Crippen molar-refractivity contribution >= 4 is 61.4 Å². The minimum absolute atomic E-state index is 0.123. The molecule has 1 N–H and O–H groups in total. The molecule has 3 aromatic heterocycles. The number of ether oxygens (including phenoxy) is 1. The van der Waals surface area contributed by atoms with E-state index >= 15 is 0 Å². The van der Waals surface area contributed by atoms with Crippen LogP contribution in [-0.2, 0) is 9.53 Å². The van der Waals surface area contributed by atoms with Gasteiger partial charge in [0.15, 0.2) is 5.78 Å². The molecule has 1 fully saturated rings. The number of carboxylic acids is 1. The van der Waals surface area contributed by atoms with Gasteiger partial charge in [-0.15, -0.1) is 0 Å². The normalized spacial score (nSPS) is 13.9. The quantitative estimate of drug-likeness (QED) is 0.187. The van der Waals surface area contributed by atoms with E-state index in [9.17, 15) is 14.4 Å². The molecule has 0 radical (unpaired) electrons. The van der Waals surface area contributed by atoms with Gasteiger partial charge < -0.3 is 24.1 Å². The molecule has 11 nitrogen and oxygen atoms in total. The summed E-state index contributed by atoms with van der Waals surface area (Å²) in [4.78, 5) is 50.9. The Morgan fingerprint density at radius 1 is 0.978 bits per heavy atom. The predicted molar refractivity (Wildman–Crippen MR) is 173 cm³/mol. The van der Waals surface area contributed by atoms with Gasteiger partial charge in [-0.1, -0.05) is 15.9 Å². The first-order valence-corrected chi connectivity index (χ1v) is 15.4. The van der Waals surface area contributed by atoms with Crippen LogP contribution in [-0.4, -0.2) is 74.2 Å². The minimum atomic E-state index is -1.03. The van der Waals surface area contributed by atoms with Gasteiger partial charge in [-0.05, 0) is 69.3 Å². The van der Waals surface area contributed by atoms with E-state index in [0.29, 0.717) is 65.7 Å². The van der Waals surface area contributed by atoms with Gasteiger partial charge in [0.1, 0.15) is 17.2 Å². The number of fused-ring (bicyclic) bond motifs is 2. The molecule has 1 saturated heterocycles. The van der Waals surface area contributed by atoms with Gasteiger partial charge in [-0.25, -0.2) is 9.78 Å². The maximum Gasteiger partial charge on any atom is 0.410 e. The van der Waals surface area contributed by atoms with Crippen LogP contribution in [0.2, 0.25) is 0 Å². The summed E-state index contributed by atoms with van der Waals surface area (Å²) < 4.78 is 13.8. The van der Waals surface area contributed by atoms with Crippen LogP contribution in [0.5, 0.6) is 0 Å². The Kier molecular flexibility index (Phi) is 8.08. The fourth-order valence-corrected chi connectivity index (χ4v) is 5.78. The number of carbonyl (C=O) groups excluding carboxylic acids is 2. The van der Waals surface area contributed by atoms with E-state index in [2.05, 4.69) is 20.8 Å². The molecule has 1 aliphatic heterocycles. The Morgan fingerprint density at radius 3 is 2.44 bits per heavy atom. The number of carbonyl (C=O) groups is 3. The van der Waals surface area contributed by atoms with Crippen LogP contribution < -0.4 is 4.90 Å². The number of aromatic nitrogens is 3. The monoisotopic (exact) mass is 673 g/mol. The zero-order valence-electron chi connectivity index (χ0n) is 25.1. The van der Waals surface area contributed by atoms with Crippen molar-refractivity contribution in [3.63, 3.8) is 0 Å². The van der Waals surface area contributed by atoms with Crippen molar-refractivity contribution in [3.05, 3.63) is 71.0 Å². The number of aliphatic carboxylic acids is 1. The molecule has 1 aliphatic rings. The van der Waals surface area contributed by atoms with Gasteiger partial charge >= 0.3 is 12.1 Å². The van der Waals surface area contributed by atoms with E-state index in [0.717, 1.165) is 15.4 Å². The van der Waals surface area contributed by atoms with Crippen LogP contribution in [0, 0.1) is 0 Å². The van der Waals surface area contributed by atoms with Gasteiger partial charge in [-0.3, -0.25) is 14.2 Å². The number of carboxylic acid groups (broad SMARTS) is 1. The SMILES string of the molecule is CC(C)(C)OC(=O)N1CCN(c2nc(-n3cc(C(=O)CCC(=O)O)c4cc(Br)ccc43)nc3ccc(-c4ccco4)cc23)CC1. The van der Waals surface area contributed by atoms with Crippen molar-refractivity contribution in [1.29, 1.82) is 0 Å². The summed E-state index contributed by atoms with van der Waals surface area (Å²) in [5.41, 5.74) is 2.09. The number of amides is 1. The number of piperazine rings is 1. The highest BCUT2D eigenvalue weighted by molar-refractivity contribution is 9.10. The minimum Gasteiger partial charge on any atom is -0.481 e. The first-order valence-electron chi connectivity index (χ1n) is 14.6. The van der Waals surface area contributed by atoms with Crippen molar-refractivity contribution in [1.82, 2.24) is 19.4 Å². The highest BCUT2D eigenvalue weighted by Crippen LogP contribution is 2.33. The third-order valence-corrected chi connectivity index (χ3v) is 8.04. The van der Waals surface area contributed by atoms with Gasteiger partial charge in [-0.2, -0.15) is 4.98 Å². The molecule has 6 rings (SSSR count). The van der Waals surface area contributed by atoms with Gasteiger partial charge in [0.2, 0.25) is 5.95 Å². The lowest BCUT2D eigenvalue weighted by molar-refractivity contribution is -0.136. The summed E-state index contributed by atoms with van der Waals surface area (Å²) in [6, 6.07) is 15.2. The molecular formula is C33H32BrN5O6. The average Bonchev–Trinajstić information content (AvgIpc) is 3.67. The Hall–Kier alpha value is -4.71. The lowest BCUT2D eigenvalue weighted by Gasteiger charge is -2.36. The molecule has 0 saturated carbocycles. The van der Waals surface area contributed by atoms with Crippen molar-refractivity contribution in [2.24, 2.45) is 0 Å². The van der Waals surface area contributed by atoms with Crippen LogP contribution in [0.4, 0.5) is 10.6 Å². The molecule has 1 amide bonds.